The normalized spacial score (nSPS) is 12.2. The van der Waals surface area contributed by atoms with E-state index in [2.05, 4.69) is 16.4 Å². The number of halogens is 1. The molecule has 0 saturated carbocycles. The minimum Gasteiger partial charge on any atom is -0.386 e. The van der Waals surface area contributed by atoms with Gasteiger partial charge in [-0.25, -0.2) is 9.37 Å². The summed E-state index contributed by atoms with van der Waals surface area (Å²) in [6.45, 7) is 1.96. The lowest BCUT2D eigenvalue weighted by molar-refractivity contribution is 0.186. The summed E-state index contributed by atoms with van der Waals surface area (Å²) in [5.41, 5.74) is 3.71. The van der Waals surface area contributed by atoms with Crippen molar-refractivity contribution < 1.29 is 9.50 Å². The van der Waals surface area contributed by atoms with E-state index in [-0.39, 0.29) is 12.1 Å². The van der Waals surface area contributed by atoms with Crippen LogP contribution < -0.4 is 5.32 Å². The molecule has 1 atom stereocenters. The maximum atomic E-state index is 13.9. The summed E-state index contributed by atoms with van der Waals surface area (Å²) in [5, 5.41) is 23.1. The van der Waals surface area contributed by atoms with Crippen LogP contribution in [0.25, 0.3) is 16.7 Å². The second kappa shape index (κ2) is 6.71. The van der Waals surface area contributed by atoms with Gasteiger partial charge in [-0.2, -0.15) is 5.26 Å². The first-order chi connectivity index (χ1) is 13.1. The van der Waals surface area contributed by atoms with Gasteiger partial charge in [-0.3, -0.25) is 4.40 Å². The van der Waals surface area contributed by atoms with E-state index in [9.17, 15) is 14.8 Å². The van der Waals surface area contributed by atoms with E-state index in [0.717, 1.165) is 16.6 Å². The van der Waals surface area contributed by atoms with Gasteiger partial charge in [0, 0.05) is 12.1 Å². The Hall–Kier alpha value is -3.43. The molecular weight excluding hydrogens is 343 g/mol. The SMILES string of the molecule is Cc1cc(NC[C@H](O)c2ccccc2F)n2c(nc3ccccc32)c1C#N. The Labute approximate surface area is 155 Å². The first kappa shape index (κ1) is 17.0. The van der Waals surface area contributed by atoms with E-state index >= 15 is 0 Å². The summed E-state index contributed by atoms with van der Waals surface area (Å²) in [6, 6.07) is 17.8. The number of imidazole rings is 1. The van der Waals surface area contributed by atoms with Crippen molar-refractivity contribution in [1.29, 1.82) is 5.26 Å². The van der Waals surface area contributed by atoms with Gasteiger partial charge >= 0.3 is 0 Å². The molecule has 27 heavy (non-hydrogen) atoms. The fraction of sp³-hybridized carbons (Fsp3) is 0.143. The average Bonchev–Trinajstić information content (AvgIpc) is 3.05. The van der Waals surface area contributed by atoms with Gasteiger partial charge in [0.2, 0.25) is 0 Å². The van der Waals surface area contributed by atoms with E-state index < -0.39 is 11.9 Å². The molecule has 2 aromatic carbocycles. The predicted octanol–water partition coefficient (Wildman–Crippen LogP) is 3.95. The van der Waals surface area contributed by atoms with Crippen molar-refractivity contribution in [3.05, 3.63) is 77.1 Å². The van der Waals surface area contributed by atoms with Crippen molar-refractivity contribution in [2.45, 2.75) is 13.0 Å². The maximum absolute atomic E-state index is 13.9. The molecule has 0 aliphatic heterocycles. The monoisotopic (exact) mass is 360 g/mol. The molecule has 0 bridgehead atoms. The second-order valence-corrected chi connectivity index (χ2v) is 6.38. The van der Waals surface area contributed by atoms with Crippen LogP contribution >= 0.6 is 0 Å². The fourth-order valence-corrected chi connectivity index (χ4v) is 3.28. The van der Waals surface area contributed by atoms with Crippen molar-refractivity contribution in [1.82, 2.24) is 9.38 Å². The molecule has 0 radical (unpaired) electrons. The highest BCUT2D eigenvalue weighted by Crippen LogP contribution is 2.27. The van der Waals surface area contributed by atoms with Crippen molar-refractivity contribution in [2.75, 3.05) is 11.9 Å². The number of fused-ring (bicyclic) bond motifs is 3. The number of aliphatic hydroxyl groups is 1. The lowest BCUT2D eigenvalue weighted by atomic mass is 10.1. The standard InChI is InChI=1S/C21H17FN4O/c1-13-10-20(24-12-19(27)14-6-2-3-7-16(14)22)26-18-9-5-4-8-17(18)25-21(26)15(13)11-23/h2-10,19,24,27H,12H2,1H3/t19-/m0/s1. The fourth-order valence-electron chi connectivity index (χ4n) is 3.28. The number of hydrogen-bond donors (Lipinski definition) is 2. The first-order valence-electron chi connectivity index (χ1n) is 8.57. The molecule has 0 saturated heterocycles. The van der Waals surface area contributed by atoms with Crippen LogP contribution in [0.1, 0.15) is 22.8 Å². The van der Waals surface area contributed by atoms with Crippen LogP contribution in [0.5, 0.6) is 0 Å². The van der Waals surface area contributed by atoms with Crippen LogP contribution in [0.15, 0.2) is 54.6 Å². The molecule has 0 unspecified atom stereocenters. The lowest BCUT2D eigenvalue weighted by Crippen LogP contribution is -2.15. The molecule has 0 amide bonds. The van der Waals surface area contributed by atoms with E-state index in [1.54, 1.807) is 18.2 Å². The largest absolute Gasteiger partial charge is 0.386 e. The molecule has 2 aromatic heterocycles. The summed E-state index contributed by atoms with van der Waals surface area (Å²) in [4.78, 5) is 4.58. The Bertz CT molecular complexity index is 1190. The van der Waals surface area contributed by atoms with Crippen LogP contribution in [0.4, 0.5) is 10.2 Å². The van der Waals surface area contributed by atoms with Gasteiger partial charge in [0.1, 0.15) is 17.7 Å². The van der Waals surface area contributed by atoms with Crippen molar-refractivity contribution in [2.24, 2.45) is 0 Å². The molecule has 0 spiro atoms. The number of aromatic nitrogens is 2. The molecular formula is C21H17FN4O. The van der Waals surface area contributed by atoms with E-state index in [4.69, 9.17) is 0 Å². The van der Waals surface area contributed by atoms with Crippen molar-refractivity contribution in [3.63, 3.8) is 0 Å². The van der Waals surface area contributed by atoms with Gasteiger partial charge in [0.25, 0.3) is 0 Å². The molecule has 2 N–H and O–H groups in total. The minimum atomic E-state index is -1.01. The predicted molar refractivity (Wildman–Crippen MR) is 102 cm³/mol. The third-order valence-corrected chi connectivity index (χ3v) is 4.63. The Balaban J connectivity index is 1.78. The van der Waals surface area contributed by atoms with Gasteiger partial charge in [0.05, 0.1) is 22.7 Å². The second-order valence-electron chi connectivity index (χ2n) is 6.38. The summed E-state index contributed by atoms with van der Waals surface area (Å²) in [7, 11) is 0. The number of para-hydroxylation sites is 2. The summed E-state index contributed by atoms with van der Waals surface area (Å²) >= 11 is 0. The van der Waals surface area contributed by atoms with Crippen LogP contribution in [0, 0.1) is 24.1 Å². The zero-order valence-corrected chi connectivity index (χ0v) is 14.6. The van der Waals surface area contributed by atoms with Crippen LogP contribution in [-0.2, 0) is 0 Å². The number of benzene rings is 2. The van der Waals surface area contributed by atoms with Crippen molar-refractivity contribution in [3.8, 4) is 6.07 Å². The minimum absolute atomic E-state index is 0.119. The van der Waals surface area contributed by atoms with E-state index in [0.29, 0.717) is 17.0 Å². The molecule has 6 heteroatoms. The summed E-state index contributed by atoms with van der Waals surface area (Å²) < 4.78 is 15.8. The Morgan fingerprint density at radius 3 is 2.74 bits per heavy atom. The third kappa shape index (κ3) is 2.88. The number of anilines is 1. The van der Waals surface area contributed by atoms with Crippen LogP contribution in [0.3, 0.4) is 0 Å². The maximum Gasteiger partial charge on any atom is 0.157 e. The third-order valence-electron chi connectivity index (χ3n) is 4.63. The topological polar surface area (TPSA) is 73.3 Å². The molecule has 4 rings (SSSR count). The highest BCUT2D eigenvalue weighted by molar-refractivity contribution is 5.85. The zero-order chi connectivity index (χ0) is 19.0. The van der Waals surface area contributed by atoms with Gasteiger partial charge in [-0.05, 0) is 36.8 Å². The molecule has 0 fully saturated rings. The zero-order valence-electron chi connectivity index (χ0n) is 14.6. The molecule has 5 nitrogen and oxygen atoms in total. The van der Waals surface area contributed by atoms with Gasteiger partial charge in [-0.1, -0.05) is 30.3 Å². The Morgan fingerprint density at radius 2 is 1.96 bits per heavy atom. The smallest absolute Gasteiger partial charge is 0.157 e. The van der Waals surface area contributed by atoms with Crippen LogP contribution in [0.2, 0.25) is 0 Å². The lowest BCUT2D eigenvalue weighted by Gasteiger charge is -2.16. The molecule has 2 heterocycles. The number of pyridine rings is 1. The number of rotatable bonds is 4. The summed E-state index contributed by atoms with van der Waals surface area (Å²) in [6.07, 6.45) is -1.01. The van der Waals surface area contributed by atoms with E-state index in [1.807, 2.05) is 41.7 Å². The number of nitrogens with one attached hydrogen (secondary N) is 1. The molecule has 4 aromatic rings. The molecule has 0 aliphatic carbocycles. The Kier molecular flexibility index (Phi) is 4.22. The first-order valence-corrected chi connectivity index (χ1v) is 8.57. The van der Waals surface area contributed by atoms with Gasteiger partial charge in [-0.15, -0.1) is 0 Å². The highest BCUT2D eigenvalue weighted by Gasteiger charge is 2.17. The number of hydrogen-bond acceptors (Lipinski definition) is 4. The number of nitriles is 1. The summed E-state index contributed by atoms with van der Waals surface area (Å²) in [5.74, 6) is 0.242. The van der Waals surface area contributed by atoms with Gasteiger partial charge < -0.3 is 10.4 Å². The molecule has 0 aliphatic rings. The van der Waals surface area contributed by atoms with Crippen LogP contribution in [-0.4, -0.2) is 21.0 Å². The number of aryl methyl sites for hydroxylation is 1. The van der Waals surface area contributed by atoms with E-state index in [1.165, 1.54) is 6.07 Å². The number of aliphatic hydroxyl groups excluding tert-OH is 1. The Morgan fingerprint density at radius 1 is 1.22 bits per heavy atom. The highest BCUT2D eigenvalue weighted by atomic mass is 19.1. The van der Waals surface area contributed by atoms with Gasteiger partial charge in [0.15, 0.2) is 5.65 Å². The quantitative estimate of drug-likeness (QED) is 0.578. The average molecular weight is 360 g/mol. The van der Waals surface area contributed by atoms with Crippen molar-refractivity contribution >= 4 is 22.5 Å². The molecule has 134 valence electrons. The number of nitrogens with zero attached hydrogens (tertiary/aromatic N) is 3.